The number of carbonyl (C=O) groups is 1. The molecule has 0 spiro atoms. The van der Waals surface area contributed by atoms with Crippen molar-refractivity contribution >= 4 is 17.3 Å². The van der Waals surface area contributed by atoms with Crippen LogP contribution in [0.1, 0.15) is 21.5 Å². The van der Waals surface area contributed by atoms with Crippen molar-refractivity contribution in [1.82, 2.24) is 4.98 Å². The van der Waals surface area contributed by atoms with Gasteiger partial charge in [0.15, 0.2) is 0 Å². The summed E-state index contributed by atoms with van der Waals surface area (Å²) in [6, 6.07) is 5.32. The third kappa shape index (κ3) is 3.19. The van der Waals surface area contributed by atoms with Crippen LogP contribution < -0.4 is 5.32 Å². The van der Waals surface area contributed by atoms with Crippen molar-refractivity contribution in [3.8, 4) is 0 Å². The molecule has 21 heavy (non-hydrogen) atoms. The van der Waals surface area contributed by atoms with E-state index in [1.54, 1.807) is 13.8 Å². The molecule has 2 rings (SSSR count). The molecule has 1 aromatic carbocycles. The van der Waals surface area contributed by atoms with Gasteiger partial charge in [-0.05, 0) is 37.6 Å². The fourth-order valence-electron chi connectivity index (χ4n) is 1.84. The van der Waals surface area contributed by atoms with Crippen molar-refractivity contribution in [3.05, 3.63) is 63.2 Å². The lowest BCUT2D eigenvalue weighted by atomic mass is 10.1. The third-order valence-electron chi connectivity index (χ3n) is 2.98. The summed E-state index contributed by atoms with van der Waals surface area (Å²) in [5, 5.41) is 13.5. The number of rotatable bonds is 3. The summed E-state index contributed by atoms with van der Waals surface area (Å²) in [4.78, 5) is 25.8. The maximum Gasteiger partial charge on any atom is 0.272 e. The highest BCUT2D eigenvalue weighted by Gasteiger charge is 2.15. The standard InChI is InChI=1S/C14H12FN3O3/c1-8-6-12(18(20)21)9(2)5-11(8)17-14(19)10-3-4-13(15)16-7-10/h3-7H,1-2H3,(H,17,19). The number of nitrogens with zero attached hydrogens (tertiary/aromatic N) is 2. The predicted molar refractivity (Wildman–Crippen MR) is 74.7 cm³/mol. The Balaban J connectivity index is 2.27. The molecule has 0 aliphatic heterocycles. The smallest absolute Gasteiger partial charge is 0.272 e. The molecule has 6 nitrogen and oxygen atoms in total. The van der Waals surface area contributed by atoms with Gasteiger partial charge in [-0.15, -0.1) is 0 Å². The van der Waals surface area contributed by atoms with E-state index >= 15 is 0 Å². The number of pyridine rings is 1. The minimum Gasteiger partial charge on any atom is -0.322 e. The molecule has 2 aromatic rings. The lowest BCUT2D eigenvalue weighted by molar-refractivity contribution is -0.385. The Hall–Kier alpha value is -2.83. The van der Waals surface area contributed by atoms with E-state index in [9.17, 15) is 19.3 Å². The predicted octanol–water partition coefficient (Wildman–Crippen LogP) is 3.00. The molecule has 1 N–H and O–H groups in total. The van der Waals surface area contributed by atoms with Gasteiger partial charge in [0.25, 0.3) is 11.6 Å². The monoisotopic (exact) mass is 289 g/mol. The molecule has 0 aliphatic carbocycles. The zero-order chi connectivity index (χ0) is 15.6. The van der Waals surface area contributed by atoms with Crippen LogP contribution in [-0.2, 0) is 0 Å². The Morgan fingerprint density at radius 2 is 2.00 bits per heavy atom. The van der Waals surface area contributed by atoms with E-state index in [4.69, 9.17) is 0 Å². The Morgan fingerprint density at radius 3 is 2.57 bits per heavy atom. The second kappa shape index (κ2) is 5.66. The van der Waals surface area contributed by atoms with Crippen molar-refractivity contribution in [3.63, 3.8) is 0 Å². The van der Waals surface area contributed by atoms with Crippen LogP contribution in [0.2, 0.25) is 0 Å². The number of benzene rings is 1. The highest BCUT2D eigenvalue weighted by molar-refractivity contribution is 6.04. The number of hydrogen-bond donors (Lipinski definition) is 1. The molecule has 1 heterocycles. The topological polar surface area (TPSA) is 85.1 Å². The number of nitro groups is 1. The number of nitrogens with one attached hydrogen (secondary N) is 1. The maximum atomic E-state index is 12.7. The van der Waals surface area contributed by atoms with Crippen LogP contribution >= 0.6 is 0 Å². The summed E-state index contributed by atoms with van der Waals surface area (Å²) in [6.45, 7) is 3.25. The summed E-state index contributed by atoms with van der Waals surface area (Å²) in [5.41, 5.74) is 1.67. The molecule has 0 saturated carbocycles. The molecule has 0 radical (unpaired) electrons. The molecule has 1 aromatic heterocycles. The van der Waals surface area contributed by atoms with Crippen molar-refractivity contribution in [2.75, 3.05) is 5.32 Å². The molecule has 108 valence electrons. The number of hydrogen-bond acceptors (Lipinski definition) is 4. The summed E-state index contributed by atoms with van der Waals surface area (Å²) < 4.78 is 12.7. The number of amides is 1. The summed E-state index contributed by atoms with van der Waals surface area (Å²) in [6.07, 6.45) is 1.12. The van der Waals surface area contributed by atoms with Crippen molar-refractivity contribution < 1.29 is 14.1 Å². The highest BCUT2D eigenvalue weighted by atomic mass is 19.1. The van der Waals surface area contributed by atoms with Gasteiger partial charge in [0, 0.05) is 23.5 Å². The Labute approximate surface area is 119 Å². The molecule has 0 saturated heterocycles. The van der Waals surface area contributed by atoms with E-state index in [0.717, 1.165) is 12.3 Å². The number of halogens is 1. The van der Waals surface area contributed by atoms with Gasteiger partial charge in [-0.2, -0.15) is 4.39 Å². The van der Waals surface area contributed by atoms with Gasteiger partial charge in [0.2, 0.25) is 5.95 Å². The zero-order valence-corrected chi connectivity index (χ0v) is 11.4. The van der Waals surface area contributed by atoms with E-state index < -0.39 is 16.8 Å². The lowest BCUT2D eigenvalue weighted by Gasteiger charge is -2.09. The first-order valence-electron chi connectivity index (χ1n) is 6.07. The van der Waals surface area contributed by atoms with Gasteiger partial charge in [0.05, 0.1) is 10.5 Å². The average molecular weight is 289 g/mol. The first-order chi connectivity index (χ1) is 9.88. The second-order valence-electron chi connectivity index (χ2n) is 4.53. The van der Waals surface area contributed by atoms with Gasteiger partial charge < -0.3 is 5.32 Å². The number of anilines is 1. The van der Waals surface area contributed by atoms with E-state index in [0.29, 0.717) is 16.8 Å². The number of aromatic nitrogens is 1. The van der Waals surface area contributed by atoms with Gasteiger partial charge in [0.1, 0.15) is 0 Å². The van der Waals surface area contributed by atoms with E-state index in [-0.39, 0.29) is 11.3 Å². The Kier molecular flexibility index (Phi) is 3.93. The fourth-order valence-corrected chi connectivity index (χ4v) is 1.84. The van der Waals surface area contributed by atoms with Crippen LogP contribution in [0.25, 0.3) is 0 Å². The molecular formula is C14H12FN3O3. The number of nitro benzene ring substituents is 1. The van der Waals surface area contributed by atoms with Gasteiger partial charge in [-0.25, -0.2) is 4.98 Å². The number of carbonyl (C=O) groups excluding carboxylic acids is 1. The highest BCUT2D eigenvalue weighted by Crippen LogP contribution is 2.26. The quantitative estimate of drug-likeness (QED) is 0.534. The van der Waals surface area contributed by atoms with Crippen molar-refractivity contribution in [2.45, 2.75) is 13.8 Å². The van der Waals surface area contributed by atoms with Crippen LogP contribution in [0.5, 0.6) is 0 Å². The van der Waals surface area contributed by atoms with Crippen molar-refractivity contribution in [1.29, 1.82) is 0 Å². The molecule has 0 unspecified atom stereocenters. The first kappa shape index (κ1) is 14.6. The normalized spacial score (nSPS) is 10.2. The van der Waals surface area contributed by atoms with Crippen LogP contribution in [0.3, 0.4) is 0 Å². The second-order valence-corrected chi connectivity index (χ2v) is 4.53. The third-order valence-corrected chi connectivity index (χ3v) is 2.98. The molecule has 7 heteroatoms. The molecule has 0 bridgehead atoms. The fraction of sp³-hybridized carbons (Fsp3) is 0.143. The van der Waals surface area contributed by atoms with Gasteiger partial charge in [-0.3, -0.25) is 14.9 Å². The minimum absolute atomic E-state index is 0.00560. The Morgan fingerprint density at radius 1 is 1.29 bits per heavy atom. The van der Waals surface area contributed by atoms with Crippen LogP contribution in [0.15, 0.2) is 30.5 Å². The van der Waals surface area contributed by atoms with Gasteiger partial charge in [-0.1, -0.05) is 0 Å². The molecular weight excluding hydrogens is 277 g/mol. The average Bonchev–Trinajstić information content (AvgIpc) is 2.42. The Bertz CT molecular complexity index is 714. The van der Waals surface area contributed by atoms with E-state index in [1.165, 1.54) is 18.2 Å². The largest absolute Gasteiger partial charge is 0.322 e. The van der Waals surface area contributed by atoms with Crippen LogP contribution in [0.4, 0.5) is 15.8 Å². The summed E-state index contributed by atoms with van der Waals surface area (Å²) in [7, 11) is 0. The number of aryl methyl sites for hydroxylation is 2. The van der Waals surface area contributed by atoms with Crippen LogP contribution in [-0.4, -0.2) is 15.8 Å². The van der Waals surface area contributed by atoms with Crippen LogP contribution in [0, 0.1) is 29.9 Å². The summed E-state index contributed by atoms with van der Waals surface area (Å²) in [5.74, 6) is -1.13. The minimum atomic E-state index is -0.672. The lowest BCUT2D eigenvalue weighted by Crippen LogP contribution is -2.13. The van der Waals surface area contributed by atoms with Crippen molar-refractivity contribution in [2.24, 2.45) is 0 Å². The first-order valence-corrected chi connectivity index (χ1v) is 6.07. The van der Waals surface area contributed by atoms with Gasteiger partial charge >= 0.3 is 0 Å². The maximum absolute atomic E-state index is 12.7. The van der Waals surface area contributed by atoms with E-state index in [1.807, 2.05) is 0 Å². The molecule has 0 atom stereocenters. The molecule has 0 aliphatic rings. The zero-order valence-electron chi connectivity index (χ0n) is 11.4. The molecule has 0 fully saturated rings. The SMILES string of the molecule is Cc1cc([N+](=O)[O-])c(C)cc1NC(=O)c1ccc(F)nc1. The summed E-state index contributed by atoms with van der Waals surface area (Å²) >= 11 is 0. The molecule has 1 amide bonds. The van der Waals surface area contributed by atoms with E-state index in [2.05, 4.69) is 10.3 Å².